The molecule has 24 heavy (non-hydrogen) atoms. The Balaban J connectivity index is 2.14. The molecule has 1 fully saturated rings. The molecule has 5 heteroatoms. The van der Waals surface area contributed by atoms with Gasteiger partial charge in [-0.25, -0.2) is 0 Å². The van der Waals surface area contributed by atoms with Crippen LogP contribution in [0, 0.1) is 5.41 Å². The Morgan fingerprint density at radius 2 is 2.08 bits per heavy atom. The van der Waals surface area contributed by atoms with Crippen LogP contribution in [-0.2, 0) is 19.0 Å². The summed E-state index contributed by atoms with van der Waals surface area (Å²) in [5.41, 5.74) is 2.24. The molecular weight excluding hydrogens is 306 g/mol. The maximum absolute atomic E-state index is 13.4. The number of carbonyl (C=O) groups excluding carboxylic acids is 1. The fourth-order valence-electron chi connectivity index (χ4n) is 4.31. The van der Waals surface area contributed by atoms with Gasteiger partial charge in [-0.3, -0.25) is 4.79 Å². The number of rotatable bonds is 8. The minimum absolute atomic E-state index is 0.229. The zero-order valence-electron chi connectivity index (χ0n) is 15.7. The SMILES string of the molecule is COCOCCC1=C(C)CCC[C@]1(C)C(=O)N1CCC[C@H]1COC. The van der Waals surface area contributed by atoms with Crippen molar-refractivity contribution in [2.45, 2.75) is 58.4 Å². The van der Waals surface area contributed by atoms with Crippen molar-refractivity contribution in [3.05, 3.63) is 11.1 Å². The minimum atomic E-state index is -0.394. The van der Waals surface area contributed by atoms with Gasteiger partial charge in [0.1, 0.15) is 6.79 Å². The van der Waals surface area contributed by atoms with Crippen molar-refractivity contribution < 1.29 is 19.0 Å². The van der Waals surface area contributed by atoms with Gasteiger partial charge in [-0.1, -0.05) is 11.1 Å². The quantitative estimate of drug-likeness (QED) is 0.387. The van der Waals surface area contributed by atoms with Gasteiger partial charge in [0.05, 0.1) is 24.7 Å². The first-order chi connectivity index (χ1) is 11.5. The van der Waals surface area contributed by atoms with Crippen LogP contribution in [0.1, 0.15) is 52.4 Å². The molecule has 0 saturated carbocycles. The van der Waals surface area contributed by atoms with Crippen molar-refractivity contribution >= 4 is 5.91 Å². The molecule has 5 nitrogen and oxygen atoms in total. The standard InChI is InChI=1S/C19H33NO4/c1-15-7-5-10-19(2,17(15)9-12-24-14-23-4)18(21)20-11-6-8-16(20)13-22-3/h16H,5-14H2,1-4H3/t16-,19-/m0/s1. The number of ether oxygens (including phenoxy) is 3. The molecule has 1 amide bonds. The fourth-order valence-corrected chi connectivity index (χ4v) is 4.31. The average molecular weight is 339 g/mol. The van der Waals surface area contributed by atoms with Crippen molar-refractivity contribution in [3.63, 3.8) is 0 Å². The van der Waals surface area contributed by atoms with E-state index in [0.717, 1.165) is 45.1 Å². The molecule has 0 aromatic heterocycles. The van der Waals surface area contributed by atoms with E-state index in [0.29, 0.717) is 20.0 Å². The summed E-state index contributed by atoms with van der Waals surface area (Å²) in [6, 6.07) is 0.229. The first kappa shape index (κ1) is 19.4. The number of methoxy groups -OCH3 is 2. The van der Waals surface area contributed by atoms with Gasteiger partial charge in [-0.05, 0) is 52.4 Å². The summed E-state index contributed by atoms with van der Waals surface area (Å²) in [4.78, 5) is 15.5. The van der Waals surface area contributed by atoms with E-state index < -0.39 is 5.41 Å². The number of carbonyl (C=O) groups is 1. The topological polar surface area (TPSA) is 48.0 Å². The minimum Gasteiger partial charge on any atom is -0.383 e. The number of likely N-dealkylation sites (tertiary alicyclic amines) is 1. The van der Waals surface area contributed by atoms with Crippen molar-refractivity contribution in [2.75, 3.05) is 40.8 Å². The molecular formula is C19H33NO4. The van der Waals surface area contributed by atoms with Crippen LogP contribution in [-0.4, -0.2) is 57.6 Å². The molecule has 1 aliphatic carbocycles. The zero-order chi connectivity index (χ0) is 17.6. The number of allylic oxidation sites excluding steroid dienone is 1. The summed E-state index contributed by atoms with van der Waals surface area (Å²) in [5.74, 6) is 0.280. The molecule has 0 bridgehead atoms. The van der Waals surface area contributed by atoms with E-state index in [9.17, 15) is 4.79 Å². The Morgan fingerprint density at radius 1 is 1.29 bits per heavy atom. The van der Waals surface area contributed by atoms with E-state index in [-0.39, 0.29) is 11.9 Å². The van der Waals surface area contributed by atoms with Gasteiger partial charge in [0, 0.05) is 20.8 Å². The fraction of sp³-hybridized carbons (Fsp3) is 0.842. The van der Waals surface area contributed by atoms with Gasteiger partial charge in [0.2, 0.25) is 5.91 Å². The summed E-state index contributed by atoms with van der Waals surface area (Å²) < 4.78 is 15.8. The number of hydrogen-bond acceptors (Lipinski definition) is 4. The third-order valence-corrected chi connectivity index (χ3v) is 5.58. The molecule has 0 aromatic carbocycles. The number of nitrogens with zero attached hydrogens (tertiary/aromatic N) is 1. The molecule has 138 valence electrons. The first-order valence-corrected chi connectivity index (χ1v) is 9.10. The second-order valence-electron chi connectivity index (χ2n) is 7.26. The highest BCUT2D eigenvalue weighted by Gasteiger charge is 2.44. The van der Waals surface area contributed by atoms with Crippen LogP contribution in [0.5, 0.6) is 0 Å². The van der Waals surface area contributed by atoms with Gasteiger partial charge in [-0.2, -0.15) is 0 Å². The molecule has 2 atom stereocenters. The zero-order valence-corrected chi connectivity index (χ0v) is 15.7. The van der Waals surface area contributed by atoms with Crippen molar-refractivity contribution in [2.24, 2.45) is 5.41 Å². The molecule has 1 heterocycles. The van der Waals surface area contributed by atoms with E-state index in [1.807, 2.05) is 0 Å². The number of hydrogen-bond donors (Lipinski definition) is 0. The Hall–Kier alpha value is -0.910. The van der Waals surface area contributed by atoms with Gasteiger partial charge in [0.25, 0.3) is 0 Å². The highest BCUT2D eigenvalue weighted by atomic mass is 16.7. The first-order valence-electron chi connectivity index (χ1n) is 9.10. The predicted octanol–water partition coefficient (Wildman–Crippen LogP) is 3.14. The maximum Gasteiger partial charge on any atom is 0.232 e. The molecule has 0 unspecified atom stereocenters. The van der Waals surface area contributed by atoms with Crippen LogP contribution in [0.15, 0.2) is 11.1 Å². The lowest BCUT2D eigenvalue weighted by atomic mass is 9.69. The highest BCUT2D eigenvalue weighted by Crippen LogP contribution is 2.44. The van der Waals surface area contributed by atoms with E-state index in [2.05, 4.69) is 18.7 Å². The van der Waals surface area contributed by atoms with Crippen LogP contribution < -0.4 is 0 Å². The summed E-state index contributed by atoms with van der Waals surface area (Å²) in [5, 5.41) is 0. The maximum atomic E-state index is 13.4. The lowest BCUT2D eigenvalue weighted by molar-refractivity contribution is -0.142. The molecule has 0 aromatic rings. The van der Waals surface area contributed by atoms with Gasteiger partial charge in [-0.15, -0.1) is 0 Å². The third kappa shape index (κ3) is 4.19. The molecule has 2 aliphatic rings. The second kappa shape index (κ2) is 8.97. The van der Waals surface area contributed by atoms with Gasteiger partial charge < -0.3 is 19.1 Å². The van der Waals surface area contributed by atoms with Gasteiger partial charge >= 0.3 is 0 Å². The van der Waals surface area contributed by atoms with Crippen molar-refractivity contribution in [1.82, 2.24) is 4.90 Å². The summed E-state index contributed by atoms with van der Waals surface area (Å²) in [7, 11) is 3.34. The molecule has 0 N–H and O–H groups in total. The van der Waals surface area contributed by atoms with Crippen molar-refractivity contribution in [1.29, 1.82) is 0 Å². The summed E-state index contributed by atoms with van der Waals surface area (Å²) >= 11 is 0. The van der Waals surface area contributed by atoms with E-state index in [4.69, 9.17) is 14.2 Å². The monoisotopic (exact) mass is 339 g/mol. The molecule has 1 saturated heterocycles. The molecule has 0 spiro atoms. The molecule has 0 radical (unpaired) electrons. The Bertz CT molecular complexity index is 462. The van der Waals surface area contributed by atoms with Crippen LogP contribution in [0.4, 0.5) is 0 Å². The Kier molecular flexibility index (Phi) is 7.26. The largest absolute Gasteiger partial charge is 0.383 e. The summed E-state index contributed by atoms with van der Waals surface area (Å²) in [6.07, 6.45) is 6.03. The molecule has 1 aliphatic heterocycles. The Morgan fingerprint density at radius 3 is 2.79 bits per heavy atom. The lowest BCUT2D eigenvalue weighted by Crippen LogP contribution is -2.48. The smallest absolute Gasteiger partial charge is 0.232 e. The van der Waals surface area contributed by atoms with Crippen LogP contribution in [0.2, 0.25) is 0 Å². The predicted molar refractivity (Wildman–Crippen MR) is 93.7 cm³/mol. The normalized spacial score (nSPS) is 27.8. The van der Waals surface area contributed by atoms with Gasteiger partial charge in [0.15, 0.2) is 0 Å². The molecule has 2 rings (SSSR count). The van der Waals surface area contributed by atoms with Crippen molar-refractivity contribution in [3.8, 4) is 0 Å². The van der Waals surface area contributed by atoms with Crippen LogP contribution in [0.3, 0.4) is 0 Å². The van der Waals surface area contributed by atoms with E-state index in [1.165, 1.54) is 11.1 Å². The highest BCUT2D eigenvalue weighted by molar-refractivity contribution is 5.86. The second-order valence-corrected chi connectivity index (χ2v) is 7.26. The van der Waals surface area contributed by atoms with Crippen LogP contribution in [0.25, 0.3) is 0 Å². The lowest BCUT2D eigenvalue weighted by Gasteiger charge is -2.40. The van der Waals surface area contributed by atoms with Crippen LogP contribution >= 0.6 is 0 Å². The third-order valence-electron chi connectivity index (χ3n) is 5.58. The average Bonchev–Trinajstić information content (AvgIpc) is 3.01. The summed E-state index contributed by atoms with van der Waals surface area (Å²) in [6.45, 7) is 6.70. The van der Waals surface area contributed by atoms with E-state index in [1.54, 1.807) is 14.2 Å². The Labute approximate surface area is 146 Å². The van der Waals surface area contributed by atoms with E-state index >= 15 is 0 Å². The number of amides is 1.